The summed E-state index contributed by atoms with van der Waals surface area (Å²) in [7, 11) is 0. The zero-order valence-corrected chi connectivity index (χ0v) is 17.2. The lowest BCUT2D eigenvalue weighted by molar-refractivity contribution is -0.168. The molecule has 2 heterocycles. The average molecular weight is 414 g/mol. The maximum absolute atomic E-state index is 13.8. The third-order valence-corrected chi connectivity index (χ3v) is 6.53. The Bertz CT molecular complexity index is 901. The van der Waals surface area contributed by atoms with Gasteiger partial charge in [0.15, 0.2) is 0 Å². The number of aliphatic carboxylic acids is 1. The lowest BCUT2D eigenvalue weighted by Crippen LogP contribution is -2.53. The first-order valence-electron chi connectivity index (χ1n) is 10.4. The highest BCUT2D eigenvalue weighted by molar-refractivity contribution is 5.67. The smallest absolute Gasteiger partial charge is 0.329 e. The Labute approximate surface area is 175 Å². The average Bonchev–Trinajstić information content (AvgIpc) is 2.75. The van der Waals surface area contributed by atoms with Crippen LogP contribution in [0.4, 0.5) is 4.39 Å². The fourth-order valence-corrected chi connectivity index (χ4v) is 4.54. The van der Waals surface area contributed by atoms with E-state index in [0.29, 0.717) is 30.3 Å². The molecular weight excluding hydrogens is 387 g/mol. The summed E-state index contributed by atoms with van der Waals surface area (Å²) in [5.41, 5.74) is 1.53. The molecule has 160 valence electrons. The van der Waals surface area contributed by atoms with Crippen LogP contribution in [-0.4, -0.2) is 36.5 Å². The van der Waals surface area contributed by atoms with Crippen molar-refractivity contribution in [3.05, 3.63) is 59.4 Å². The summed E-state index contributed by atoms with van der Waals surface area (Å²) < 4.78 is 31.2. The van der Waals surface area contributed by atoms with Gasteiger partial charge in [0.1, 0.15) is 23.9 Å². The molecule has 2 saturated heterocycles. The largest absolute Gasteiger partial charge is 0.480 e. The van der Waals surface area contributed by atoms with Gasteiger partial charge in [0, 0.05) is 11.5 Å². The quantitative estimate of drug-likeness (QED) is 0.616. The van der Waals surface area contributed by atoms with Gasteiger partial charge < -0.3 is 19.3 Å². The van der Waals surface area contributed by atoms with Gasteiger partial charge in [-0.2, -0.15) is 0 Å². The standard InChI is InChI=1S/C24H27FO5/c1-17-5-6-20(14-21(17)25)30-19-4-2-3-18(13-19)23-7-9-24(10-8-23,29-16-23)11-12-28-15-22(26)27/h2-6,13-14H,7-12,15-16H2,1H3,(H,26,27). The van der Waals surface area contributed by atoms with Gasteiger partial charge in [0.25, 0.3) is 0 Å². The van der Waals surface area contributed by atoms with Crippen LogP contribution >= 0.6 is 0 Å². The van der Waals surface area contributed by atoms with Gasteiger partial charge in [-0.15, -0.1) is 0 Å². The first kappa shape index (κ1) is 20.8. The topological polar surface area (TPSA) is 65.0 Å². The molecule has 1 aliphatic carbocycles. The van der Waals surface area contributed by atoms with Gasteiger partial charge in [-0.1, -0.05) is 18.2 Å². The van der Waals surface area contributed by atoms with E-state index in [-0.39, 0.29) is 23.4 Å². The molecule has 5 rings (SSSR count). The van der Waals surface area contributed by atoms with Crippen LogP contribution in [0.1, 0.15) is 43.2 Å². The van der Waals surface area contributed by atoms with Crippen LogP contribution in [0.3, 0.4) is 0 Å². The van der Waals surface area contributed by atoms with Gasteiger partial charge in [-0.05, 0) is 68.4 Å². The van der Waals surface area contributed by atoms with Crippen LogP contribution in [-0.2, 0) is 19.7 Å². The first-order chi connectivity index (χ1) is 14.4. The maximum Gasteiger partial charge on any atom is 0.329 e. The number of benzene rings is 2. The van der Waals surface area contributed by atoms with E-state index in [1.807, 2.05) is 18.2 Å². The second-order valence-corrected chi connectivity index (χ2v) is 8.49. The summed E-state index contributed by atoms with van der Waals surface area (Å²) in [6.45, 7) is 2.49. The third kappa shape index (κ3) is 4.35. The van der Waals surface area contributed by atoms with Crippen molar-refractivity contribution in [2.24, 2.45) is 0 Å². The summed E-state index contributed by atoms with van der Waals surface area (Å²) in [6.07, 6.45) is 4.59. The number of halogens is 1. The molecule has 0 spiro atoms. The normalized spacial score (nSPS) is 25.3. The number of fused-ring (bicyclic) bond motifs is 3. The Hall–Kier alpha value is -2.44. The fourth-order valence-electron chi connectivity index (χ4n) is 4.54. The Morgan fingerprint density at radius 3 is 2.57 bits per heavy atom. The highest BCUT2D eigenvalue weighted by Crippen LogP contribution is 2.52. The van der Waals surface area contributed by atoms with E-state index in [1.165, 1.54) is 11.6 Å². The summed E-state index contributed by atoms with van der Waals surface area (Å²) >= 11 is 0. The fraction of sp³-hybridized carbons (Fsp3) is 0.458. The molecule has 0 radical (unpaired) electrons. The number of aryl methyl sites for hydroxylation is 1. The zero-order chi connectivity index (χ0) is 21.2. The molecule has 1 saturated carbocycles. The predicted molar refractivity (Wildman–Crippen MR) is 110 cm³/mol. The van der Waals surface area contributed by atoms with E-state index in [2.05, 4.69) is 6.07 Å². The van der Waals surface area contributed by atoms with Crippen molar-refractivity contribution in [3.8, 4) is 11.5 Å². The molecule has 5 nitrogen and oxygen atoms in total. The van der Waals surface area contributed by atoms with Crippen LogP contribution in [0.15, 0.2) is 42.5 Å². The lowest BCUT2D eigenvalue weighted by atomic mass is 9.62. The summed E-state index contributed by atoms with van der Waals surface area (Å²) in [5, 5.41) is 8.70. The van der Waals surface area contributed by atoms with Crippen LogP contribution in [0.25, 0.3) is 0 Å². The van der Waals surface area contributed by atoms with Crippen molar-refractivity contribution < 1.29 is 28.5 Å². The minimum absolute atomic E-state index is 0.0401. The number of rotatable bonds is 8. The van der Waals surface area contributed by atoms with Crippen LogP contribution in [0.2, 0.25) is 0 Å². The Morgan fingerprint density at radius 2 is 1.90 bits per heavy atom. The summed E-state index contributed by atoms with van der Waals surface area (Å²) in [4.78, 5) is 10.6. The van der Waals surface area contributed by atoms with Gasteiger partial charge in [-0.3, -0.25) is 0 Å². The van der Waals surface area contributed by atoms with Crippen molar-refractivity contribution in [1.29, 1.82) is 0 Å². The molecule has 3 aliphatic rings. The molecule has 6 heteroatoms. The SMILES string of the molecule is Cc1ccc(Oc2cccc(C34CCC(CCOCC(=O)O)(CC3)OC4)c2)cc1F. The van der Waals surface area contributed by atoms with E-state index in [4.69, 9.17) is 19.3 Å². The van der Waals surface area contributed by atoms with E-state index in [9.17, 15) is 9.18 Å². The molecule has 0 aromatic heterocycles. The number of carboxylic acid groups (broad SMARTS) is 1. The number of carboxylic acids is 1. The van der Waals surface area contributed by atoms with Crippen LogP contribution in [0, 0.1) is 12.7 Å². The van der Waals surface area contributed by atoms with Gasteiger partial charge in [-0.25, -0.2) is 9.18 Å². The summed E-state index contributed by atoms with van der Waals surface area (Å²) in [5.74, 6) is -0.0552. The van der Waals surface area contributed by atoms with Gasteiger partial charge in [0.2, 0.25) is 0 Å². The molecule has 0 amide bonds. The Kier molecular flexibility index (Phi) is 5.80. The number of hydrogen-bond acceptors (Lipinski definition) is 4. The third-order valence-electron chi connectivity index (χ3n) is 6.53. The minimum Gasteiger partial charge on any atom is -0.480 e. The second-order valence-electron chi connectivity index (χ2n) is 8.49. The van der Waals surface area contributed by atoms with E-state index in [1.54, 1.807) is 19.1 Å². The van der Waals surface area contributed by atoms with Crippen molar-refractivity contribution in [2.45, 2.75) is 50.0 Å². The molecule has 3 fully saturated rings. The van der Waals surface area contributed by atoms with Crippen LogP contribution < -0.4 is 4.74 Å². The molecule has 2 aromatic rings. The van der Waals surface area contributed by atoms with E-state index in [0.717, 1.165) is 32.1 Å². The molecule has 0 atom stereocenters. The highest BCUT2D eigenvalue weighted by Gasteiger charge is 2.50. The summed E-state index contributed by atoms with van der Waals surface area (Å²) in [6, 6.07) is 12.9. The molecule has 0 unspecified atom stereocenters. The second kappa shape index (κ2) is 8.36. The van der Waals surface area contributed by atoms with E-state index >= 15 is 0 Å². The number of hydrogen-bond donors (Lipinski definition) is 1. The number of ether oxygens (including phenoxy) is 3. The lowest BCUT2D eigenvalue weighted by Gasteiger charge is -2.53. The van der Waals surface area contributed by atoms with Crippen molar-refractivity contribution in [3.63, 3.8) is 0 Å². The molecule has 30 heavy (non-hydrogen) atoms. The Balaban J connectivity index is 1.41. The molecule has 2 aromatic carbocycles. The minimum atomic E-state index is -0.949. The molecular formula is C24H27FO5. The first-order valence-corrected chi connectivity index (χ1v) is 10.4. The van der Waals surface area contributed by atoms with Crippen molar-refractivity contribution >= 4 is 5.97 Å². The maximum atomic E-state index is 13.8. The van der Waals surface area contributed by atoms with E-state index < -0.39 is 5.97 Å². The zero-order valence-electron chi connectivity index (χ0n) is 17.2. The van der Waals surface area contributed by atoms with Crippen molar-refractivity contribution in [2.75, 3.05) is 19.8 Å². The molecule has 2 bridgehead atoms. The molecule has 2 aliphatic heterocycles. The predicted octanol–water partition coefficient (Wildman–Crippen LogP) is 5.00. The van der Waals surface area contributed by atoms with Crippen LogP contribution in [0.5, 0.6) is 11.5 Å². The van der Waals surface area contributed by atoms with Gasteiger partial charge >= 0.3 is 5.97 Å². The monoisotopic (exact) mass is 414 g/mol. The molecule has 1 N–H and O–H groups in total. The highest BCUT2D eigenvalue weighted by atomic mass is 19.1. The van der Waals surface area contributed by atoms with Gasteiger partial charge in [0.05, 0.1) is 18.8 Å². The number of carbonyl (C=O) groups is 1. The van der Waals surface area contributed by atoms with Crippen molar-refractivity contribution in [1.82, 2.24) is 0 Å². The Morgan fingerprint density at radius 1 is 1.13 bits per heavy atom.